The average Bonchev–Trinajstić information content (AvgIpc) is 3.29. The van der Waals surface area contributed by atoms with Crippen molar-refractivity contribution in [3.63, 3.8) is 0 Å². The van der Waals surface area contributed by atoms with Crippen molar-refractivity contribution in [2.24, 2.45) is 0 Å². The van der Waals surface area contributed by atoms with E-state index < -0.39 is 53.0 Å². The van der Waals surface area contributed by atoms with Gasteiger partial charge in [-0.3, -0.25) is 14.3 Å². The number of ether oxygens (including phenoxy) is 1. The van der Waals surface area contributed by atoms with Crippen LogP contribution < -0.4 is 10.2 Å². The zero-order valence-corrected chi connectivity index (χ0v) is 18.1. The van der Waals surface area contributed by atoms with E-state index in [2.05, 4.69) is 9.84 Å². The summed E-state index contributed by atoms with van der Waals surface area (Å²) in [6, 6.07) is 9.77. The smallest absolute Gasteiger partial charge is 0.502 e. The molecule has 3 heterocycles. The van der Waals surface area contributed by atoms with Gasteiger partial charge in [-0.25, -0.2) is 4.39 Å². The Morgan fingerprint density at radius 1 is 1.09 bits per heavy atom. The number of halogens is 4. The Labute approximate surface area is 196 Å². The Hall–Kier alpha value is -3.89. The van der Waals surface area contributed by atoms with Crippen molar-refractivity contribution < 1.29 is 32.2 Å². The maximum Gasteiger partial charge on any atom is 0.573 e. The van der Waals surface area contributed by atoms with Crippen LogP contribution in [0.2, 0.25) is 0 Å². The predicted octanol–water partition coefficient (Wildman–Crippen LogP) is 3.98. The summed E-state index contributed by atoms with van der Waals surface area (Å²) in [5, 5.41) is 14.6. The molecule has 3 atom stereocenters. The second-order valence-corrected chi connectivity index (χ2v) is 8.50. The second kappa shape index (κ2) is 8.40. The van der Waals surface area contributed by atoms with Gasteiger partial charge in [-0.15, -0.1) is 13.2 Å². The van der Waals surface area contributed by atoms with Crippen LogP contribution in [-0.4, -0.2) is 44.6 Å². The summed E-state index contributed by atoms with van der Waals surface area (Å²) in [6.07, 6.45) is -2.78. The highest BCUT2D eigenvalue weighted by atomic mass is 19.4. The number of fused-ring (bicyclic) bond motifs is 2. The zero-order valence-electron chi connectivity index (χ0n) is 18.1. The first kappa shape index (κ1) is 22.9. The van der Waals surface area contributed by atoms with Crippen LogP contribution in [0.5, 0.6) is 11.5 Å². The molecule has 7 nitrogen and oxygen atoms in total. The molecule has 2 aliphatic rings. The lowest BCUT2D eigenvalue weighted by Crippen LogP contribution is -2.50. The standard InChI is InChI=1S/C24H19F4N3O4/c25-15-8-6-13(7-9-15)19(14-3-1-4-16(11-14)35-24(26,27)28)20-17-5-2-10-30(17)23(34)21-22(33)18(32)12-29-31(20)21/h1,3-4,6-9,11-12,17,19-20,33H,2,5,10H2/t17-,19?,20-/m1/s1. The van der Waals surface area contributed by atoms with Crippen LogP contribution in [0.4, 0.5) is 17.6 Å². The van der Waals surface area contributed by atoms with Crippen LogP contribution in [0.3, 0.4) is 0 Å². The van der Waals surface area contributed by atoms with Gasteiger partial charge in [0.05, 0.1) is 18.3 Å². The molecular weight excluding hydrogens is 470 g/mol. The van der Waals surface area contributed by atoms with Crippen molar-refractivity contribution in [3.8, 4) is 11.5 Å². The first-order valence-corrected chi connectivity index (χ1v) is 10.9. The molecule has 182 valence electrons. The Morgan fingerprint density at radius 2 is 1.83 bits per heavy atom. The molecule has 1 fully saturated rings. The van der Waals surface area contributed by atoms with Gasteiger partial charge in [-0.05, 0) is 48.2 Å². The number of benzene rings is 2. The van der Waals surface area contributed by atoms with Gasteiger partial charge in [0, 0.05) is 12.5 Å². The topological polar surface area (TPSA) is 84.7 Å². The number of hydrogen-bond donors (Lipinski definition) is 1. The molecule has 11 heteroatoms. The molecule has 0 bridgehead atoms. The van der Waals surface area contributed by atoms with Crippen molar-refractivity contribution in [3.05, 3.63) is 87.6 Å². The molecule has 1 saturated heterocycles. The molecule has 5 rings (SSSR count). The number of carbonyl (C=O) groups excluding carboxylic acids is 1. The van der Waals surface area contributed by atoms with Gasteiger partial charge < -0.3 is 14.7 Å². The van der Waals surface area contributed by atoms with Crippen LogP contribution in [0.15, 0.2) is 59.5 Å². The number of aromatic nitrogens is 2. The van der Waals surface area contributed by atoms with E-state index in [1.807, 2.05) is 0 Å². The zero-order chi connectivity index (χ0) is 24.9. The van der Waals surface area contributed by atoms with Gasteiger partial charge in [-0.2, -0.15) is 5.10 Å². The van der Waals surface area contributed by atoms with Gasteiger partial charge in [0.15, 0.2) is 11.4 Å². The van der Waals surface area contributed by atoms with Crippen molar-refractivity contribution >= 4 is 5.91 Å². The molecule has 0 spiro atoms. The normalized spacial score (nSPS) is 20.3. The number of alkyl halides is 3. The molecule has 2 aliphatic heterocycles. The van der Waals surface area contributed by atoms with E-state index in [1.54, 1.807) is 11.0 Å². The number of carbonyl (C=O) groups is 1. The van der Waals surface area contributed by atoms with Gasteiger partial charge in [0.25, 0.3) is 5.91 Å². The minimum Gasteiger partial charge on any atom is -0.502 e. The van der Waals surface area contributed by atoms with Crippen LogP contribution in [-0.2, 0) is 0 Å². The summed E-state index contributed by atoms with van der Waals surface area (Å²) in [6.45, 7) is 0.385. The third-order valence-corrected chi connectivity index (χ3v) is 6.45. The van der Waals surface area contributed by atoms with Crippen molar-refractivity contribution in [2.75, 3.05) is 6.54 Å². The minimum absolute atomic E-state index is 0.282. The van der Waals surface area contributed by atoms with E-state index in [1.165, 1.54) is 47.1 Å². The van der Waals surface area contributed by atoms with Crippen LogP contribution in [0, 0.1) is 5.82 Å². The Morgan fingerprint density at radius 3 is 2.54 bits per heavy atom. The first-order valence-electron chi connectivity index (χ1n) is 10.9. The quantitative estimate of drug-likeness (QED) is 0.561. The third kappa shape index (κ3) is 4.11. The van der Waals surface area contributed by atoms with E-state index in [0.717, 1.165) is 6.20 Å². The SMILES string of the molecule is O=C1c2c(O)c(=O)cnn2[C@@H](C(c2ccc(F)cc2)c2cccc(OC(F)(F)F)c2)[C@H]2CCCN12. The van der Waals surface area contributed by atoms with Gasteiger partial charge in [-0.1, -0.05) is 24.3 Å². The molecule has 3 aromatic rings. The highest BCUT2D eigenvalue weighted by Crippen LogP contribution is 2.46. The summed E-state index contributed by atoms with van der Waals surface area (Å²) in [4.78, 5) is 26.8. The molecule has 1 unspecified atom stereocenters. The fourth-order valence-electron chi connectivity index (χ4n) is 5.11. The molecule has 2 aromatic carbocycles. The lowest BCUT2D eigenvalue weighted by atomic mass is 9.80. The number of nitrogens with zero attached hydrogens (tertiary/aromatic N) is 3. The van der Waals surface area contributed by atoms with Gasteiger partial charge in [0.1, 0.15) is 11.6 Å². The van der Waals surface area contributed by atoms with Gasteiger partial charge in [0.2, 0.25) is 5.43 Å². The first-order chi connectivity index (χ1) is 16.6. The minimum atomic E-state index is -4.90. The Kier molecular flexibility index (Phi) is 5.49. The highest BCUT2D eigenvalue weighted by molar-refractivity contribution is 5.96. The molecule has 0 saturated carbocycles. The van der Waals surface area contributed by atoms with Crippen LogP contribution >= 0.6 is 0 Å². The monoisotopic (exact) mass is 489 g/mol. The average molecular weight is 489 g/mol. The number of rotatable bonds is 4. The maximum absolute atomic E-state index is 13.8. The number of aromatic hydroxyl groups is 1. The summed E-state index contributed by atoms with van der Waals surface area (Å²) in [5.74, 6) is -2.94. The molecule has 0 aliphatic carbocycles. The van der Waals surface area contributed by atoms with Crippen molar-refractivity contribution in [2.45, 2.75) is 37.2 Å². The summed E-state index contributed by atoms with van der Waals surface area (Å²) < 4.78 is 57.9. The Balaban J connectivity index is 1.73. The lowest BCUT2D eigenvalue weighted by Gasteiger charge is -2.42. The molecule has 0 radical (unpaired) electrons. The van der Waals surface area contributed by atoms with E-state index in [0.29, 0.717) is 30.5 Å². The van der Waals surface area contributed by atoms with Crippen molar-refractivity contribution in [1.29, 1.82) is 0 Å². The highest BCUT2D eigenvalue weighted by Gasteiger charge is 2.48. The lowest BCUT2D eigenvalue weighted by molar-refractivity contribution is -0.274. The Bertz CT molecular complexity index is 1340. The molecule has 1 amide bonds. The second-order valence-electron chi connectivity index (χ2n) is 8.50. The van der Waals surface area contributed by atoms with Gasteiger partial charge >= 0.3 is 6.36 Å². The van der Waals surface area contributed by atoms with Crippen LogP contribution in [0.1, 0.15) is 46.4 Å². The summed E-state index contributed by atoms with van der Waals surface area (Å²) in [7, 11) is 0. The third-order valence-electron chi connectivity index (χ3n) is 6.45. The largest absolute Gasteiger partial charge is 0.573 e. The predicted molar refractivity (Wildman–Crippen MR) is 115 cm³/mol. The summed E-state index contributed by atoms with van der Waals surface area (Å²) in [5.41, 5.74) is -0.154. The van der Waals surface area contributed by atoms with E-state index in [4.69, 9.17) is 0 Å². The van der Waals surface area contributed by atoms with Crippen molar-refractivity contribution in [1.82, 2.24) is 14.7 Å². The fraction of sp³-hybridized carbons (Fsp3) is 0.292. The number of amides is 1. The number of hydrogen-bond acceptors (Lipinski definition) is 5. The molecule has 1 N–H and O–H groups in total. The molecular formula is C24H19F4N3O4. The van der Waals surface area contributed by atoms with Crippen LogP contribution in [0.25, 0.3) is 0 Å². The van der Waals surface area contributed by atoms with E-state index >= 15 is 0 Å². The maximum atomic E-state index is 13.8. The molecule has 1 aromatic heterocycles. The van der Waals surface area contributed by atoms with E-state index in [-0.39, 0.29) is 5.69 Å². The van der Waals surface area contributed by atoms with E-state index in [9.17, 15) is 32.3 Å². The molecule has 35 heavy (non-hydrogen) atoms. The fourth-order valence-corrected chi connectivity index (χ4v) is 5.11. The summed E-state index contributed by atoms with van der Waals surface area (Å²) >= 11 is 0.